The lowest BCUT2D eigenvalue weighted by Crippen LogP contribution is -2.41. The first kappa shape index (κ1) is 13.7. The monoisotopic (exact) mass is 268 g/mol. The maximum Gasteiger partial charge on any atom is 0.495 e. The molecule has 2 aromatic rings. The number of hydrogen-bond acceptors (Lipinski definition) is 2. The van der Waals surface area contributed by atoms with Crippen molar-refractivity contribution in [2.45, 2.75) is 45.8 Å². The lowest BCUT2D eigenvalue weighted by molar-refractivity contribution is 0.00578. The van der Waals surface area contributed by atoms with Crippen molar-refractivity contribution in [2.75, 3.05) is 0 Å². The zero-order valence-corrected chi connectivity index (χ0v) is 12.9. The van der Waals surface area contributed by atoms with Gasteiger partial charge in [-0.2, -0.15) is 0 Å². The molecule has 0 atom stereocenters. The molecule has 0 N–H and O–H groups in total. The topological polar surface area (TPSA) is 18.5 Å². The number of aryl methyl sites for hydroxylation is 1. The molecule has 2 nitrogen and oxygen atoms in total. The van der Waals surface area contributed by atoms with E-state index in [9.17, 15) is 0 Å². The first-order chi connectivity index (χ1) is 9.32. The van der Waals surface area contributed by atoms with Gasteiger partial charge in [0.05, 0.1) is 11.2 Å². The SMILES string of the molecule is Cc1ccc2ccccc2c1B1OC(C)(C)C(C)(C)O1. The maximum absolute atomic E-state index is 6.22. The van der Waals surface area contributed by atoms with Gasteiger partial charge in [0.1, 0.15) is 0 Å². The fraction of sp³-hybridized carbons (Fsp3) is 0.412. The van der Waals surface area contributed by atoms with Gasteiger partial charge in [-0.25, -0.2) is 0 Å². The smallest absolute Gasteiger partial charge is 0.399 e. The molecule has 20 heavy (non-hydrogen) atoms. The Morgan fingerprint density at radius 3 is 2.10 bits per heavy atom. The molecule has 0 aromatic heterocycles. The predicted octanol–water partition coefficient (Wildman–Crippen LogP) is 3.45. The minimum Gasteiger partial charge on any atom is -0.399 e. The number of rotatable bonds is 1. The summed E-state index contributed by atoms with van der Waals surface area (Å²) < 4.78 is 12.4. The van der Waals surface area contributed by atoms with E-state index in [1.807, 2.05) is 0 Å². The molecule has 0 amide bonds. The normalized spacial score (nSPS) is 20.6. The number of fused-ring (bicyclic) bond motifs is 1. The Morgan fingerprint density at radius 1 is 0.850 bits per heavy atom. The third-order valence-corrected chi connectivity index (χ3v) is 4.68. The minimum atomic E-state index is -0.305. The molecule has 1 aliphatic heterocycles. The Kier molecular flexibility index (Phi) is 2.96. The highest BCUT2D eigenvalue weighted by Gasteiger charge is 2.52. The first-order valence-electron chi connectivity index (χ1n) is 7.16. The van der Waals surface area contributed by atoms with Crippen molar-refractivity contribution < 1.29 is 9.31 Å². The van der Waals surface area contributed by atoms with Gasteiger partial charge in [-0.05, 0) is 50.9 Å². The molecule has 0 bridgehead atoms. The van der Waals surface area contributed by atoms with E-state index in [0.717, 1.165) is 5.46 Å². The van der Waals surface area contributed by atoms with E-state index in [0.29, 0.717) is 0 Å². The van der Waals surface area contributed by atoms with Crippen LogP contribution in [0.25, 0.3) is 10.8 Å². The molecule has 0 spiro atoms. The van der Waals surface area contributed by atoms with Crippen LogP contribution in [0.15, 0.2) is 36.4 Å². The van der Waals surface area contributed by atoms with E-state index in [1.54, 1.807) is 0 Å². The standard InChI is InChI=1S/C17H21BO2/c1-12-10-11-13-8-6-7-9-14(13)15(12)18-19-16(2,3)17(4,5)20-18/h6-11H,1-5H3. The van der Waals surface area contributed by atoms with Crippen LogP contribution in [0.2, 0.25) is 0 Å². The van der Waals surface area contributed by atoms with Crippen molar-refractivity contribution in [1.29, 1.82) is 0 Å². The van der Waals surface area contributed by atoms with Crippen LogP contribution < -0.4 is 5.46 Å². The minimum absolute atomic E-state index is 0.300. The third kappa shape index (κ3) is 1.97. The molecule has 1 heterocycles. The molecule has 1 fully saturated rings. The van der Waals surface area contributed by atoms with Crippen LogP contribution >= 0.6 is 0 Å². The Bertz CT molecular complexity index is 645. The molecule has 1 aliphatic rings. The maximum atomic E-state index is 6.22. The van der Waals surface area contributed by atoms with Crippen molar-refractivity contribution in [2.24, 2.45) is 0 Å². The summed E-state index contributed by atoms with van der Waals surface area (Å²) in [4.78, 5) is 0. The zero-order valence-electron chi connectivity index (χ0n) is 12.9. The molecule has 3 heteroatoms. The Morgan fingerprint density at radius 2 is 1.45 bits per heavy atom. The largest absolute Gasteiger partial charge is 0.495 e. The zero-order chi connectivity index (χ0) is 14.5. The van der Waals surface area contributed by atoms with E-state index in [-0.39, 0.29) is 18.3 Å². The molecule has 0 saturated carbocycles. The Balaban J connectivity index is 2.14. The summed E-state index contributed by atoms with van der Waals surface area (Å²) in [6, 6.07) is 12.7. The highest BCUT2D eigenvalue weighted by molar-refractivity contribution is 6.65. The Labute approximate surface area is 121 Å². The molecular formula is C17H21BO2. The van der Waals surface area contributed by atoms with Crippen molar-refractivity contribution in [3.8, 4) is 0 Å². The van der Waals surface area contributed by atoms with Gasteiger partial charge in [-0.15, -0.1) is 0 Å². The number of hydrogen-bond donors (Lipinski definition) is 0. The molecule has 1 saturated heterocycles. The Hall–Kier alpha value is -1.32. The second-order valence-electron chi connectivity index (χ2n) is 6.61. The van der Waals surface area contributed by atoms with Gasteiger partial charge < -0.3 is 9.31 Å². The molecular weight excluding hydrogens is 247 g/mol. The van der Waals surface area contributed by atoms with Crippen molar-refractivity contribution >= 4 is 23.4 Å². The molecule has 0 aliphatic carbocycles. The van der Waals surface area contributed by atoms with Crippen LogP contribution in [0.1, 0.15) is 33.3 Å². The van der Waals surface area contributed by atoms with Crippen LogP contribution in [0.5, 0.6) is 0 Å². The quantitative estimate of drug-likeness (QED) is 0.737. The van der Waals surface area contributed by atoms with Gasteiger partial charge in [0.15, 0.2) is 0 Å². The summed E-state index contributed by atoms with van der Waals surface area (Å²) in [5, 5.41) is 2.44. The summed E-state index contributed by atoms with van der Waals surface area (Å²) in [7, 11) is -0.300. The second-order valence-corrected chi connectivity index (χ2v) is 6.61. The predicted molar refractivity (Wildman–Crippen MR) is 84.4 cm³/mol. The molecule has 0 radical (unpaired) electrons. The van der Waals surface area contributed by atoms with Gasteiger partial charge >= 0.3 is 7.12 Å². The van der Waals surface area contributed by atoms with E-state index in [2.05, 4.69) is 71.0 Å². The van der Waals surface area contributed by atoms with Gasteiger partial charge in [-0.1, -0.05) is 42.0 Å². The van der Waals surface area contributed by atoms with Crippen LogP contribution in [-0.4, -0.2) is 18.3 Å². The number of benzene rings is 2. The summed E-state index contributed by atoms with van der Waals surface area (Å²) >= 11 is 0. The van der Waals surface area contributed by atoms with Gasteiger partial charge in [0.2, 0.25) is 0 Å². The first-order valence-corrected chi connectivity index (χ1v) is 7.16. The van der Waals surface area contributed by atoms with Crippen molar-refractivity contribution in [3.63, 3.8) is 0 Å². The lowest BCUT2D eigenvalue weighted by Gasteiger charge is -2.32. The molecule has 104 valence electrons. The average Bonchev–Trinajstić information content (AvgIpc) is 2.57. The molecule has 0 unspecified atom stereocenters. The van der Waals surface area contributed by atoms with Crippen LogP contribution in [-0.2, 0) is 9.31 Å². The second kappa shape index (κ2) is 4.34. The third-order valence-electron chi connectivity index (χ3n) is 4.68. The summed E-state index contributed by atoms with van der Waals surface area (Å²) in [5.41, 5.74) is 1.76. The fourth-order valence-electron chi connectivity index (χ4n) is 2.68. The molecule has 3 rings (SSSR count). The average molecular weight is 268 g/mol. The summed E-state index contributed by atoms with van der Waals surface area (Å²) in [5.74, 6) is 0. The summed E-state index contributed by atoms with van der Waals surface area (Å²) in [6.07, 6.45) is 0. The highest BCUT2D eigenvalue weighted by atomic mass is 16.7. The van der Waals surface area contributed by atoms with Gasteiger partial charge in [0.25, 0.3) is 0 Å². The summed E-state index contributed by atoms with van der Waals surface area (Å²) in [6.45, 7) is 10.5. The van der Waals surface area contributed by atoms with Crippen molar-refractivity contribution in [3.05, 3.63) is 42.0 Å². The fourth-order valence-corrected chi connectivity index (χ4v) is 2.68. The van der Waals surface area contributed by atoms with E-state index < -0.39 is 0 Å². The van der Waals surface area contributed by atoms with Crippen molar-refractivity contribution in [1.82, 2.24) is 0 Å². The molecule has 2 aromatic carbocycles. The van der Waals surface area contributed by atoms with Gasteiger partial charge in [0, 0.05) is 0 Å². The van der Waals surface area contributed by atoms with E-state index in [1.165, 1.54) is 16.3 Å². The van der Waals surface area contributed by atoms with Gasteiger partial charge in [-0.3, -0.25) is 0 Å². The van der Waals surface area contributed by atoms with Crippen LogP contribution in [0, 0.1) is 6.92 Å². The van der Waals surface area contributed by atoms with E-state index in [4.69, 9.17) is 9.31 Å². The van der Waals surface area contributed by atoms with Crippen LogP contribution in [0.4, 0.5) is 0 Å². The lowest BCUT2D eigenvalue weighted by atomic mass is 9.73. The van der Waals surface area contributed by atoms with Crippen LogP contribution in [0.3, 0.4) is 0 Å². The highest BCUT2D eigenvalue weighted by Crippen LogP contribution is 2.37. The van der Waals surface area contributed by atoms with E-state index >= 15 is 0 Å².